The van der Waals surface area contributed by atoms with Crippen molar-refractivity contribution in [3.8, 4) is 0 Å². The number of aromatic nitrogens is 2. The minimum Gasteiger partial charge on any atom is -0.353 e. The van der Waals surface area contributed by atoms with Gasteiger partial charge in [0.05, 0.1) is 27.4 Å². The van der Waals surface area contributed by atoms with Crippen LogP contribution in [0.1, 0.15) is 20.3 Å². The average Bonchev–Trinajstić information content (AvgIpc) is 2.79. The van der Waals surface area contributed by atoms with Crippen molar-refractivity contribution in [1.82, 2.24) is 9.55 Å². The number of benzene rings is 2. The van der Waals surface area contributed by atoms with Crippen molar-refractivity contribution in [3.63, 3.8) is 0 Å². The zero-order valence-electron chi connectivity index (χ0n) is 18.0. The van der Waals surface area contributed by atoms with E-state index in [1.54, 1.807) is 41.0 Å². The third kappa shape index (κ3) is 6.32. The zero-order chi connectivity index (χ0) is 22.9. The lowest BCUT2D eigenvalue weighted by molar-refractivity contribution is -0.141. The molecule has 7 nitrogen and oxygen atoms in total. The summed E-state index contributed by atoms with van der Waals surface area (Å²) in [5.41, 5.74) is 0.977. The first-order valence-corrected chi connectivity index (χ1v) is 11.8. The second-order valence-electron chi connectivity index (χ2n) is 6.81. The molecule has 3 rings (SSSR count). The van der Waals surface area contributed by atoms with Gasteiger partial charge in [0.1, 0.15) is 0 Å². The molecule has 1 N–H and O–H groups in total. The van der Waals surface area contributed by atoms with E-state index in [1.807, 2.05) is 26.0 Å². The summed E-state index contributed by atoms with van der Waals surface area (Å²) >= 11 is 7.32. The van der Waals surface area contributed by atoms with Gasteiger partial charge in [-0.3, -0.25) is 14.2 Å². The summed E-state index contributed by atoms with van der Waals surface area (Å²) in [6, 6.07) is 14.2. The summed E-state index contributed by atoms with van der Waals surface area (Å²) < 4.78 is 12.8. The molecule has 0 spiro atoms. The van der Waals surface area contributed by atoms with Crippen LogP contribution in [0.5, 0.6) is 0 Å². The van der Waals surface area contributed by atoms with Crippen molar-refractivity contribution in [1.29, 1.82) is 0 Å². The molecule has 0 atom stereocenters. The Kier molecular flexibility index (Phi) is 9.11. The molecule has 0 bridgehead atoms. The summed E-state index contributed by atoms with van der Waals surface area (Å²) in [5, 5.41) is 4.25. The average molecular weight is 476 g/mol. The number of carbonyl (C=O) groups is 1. The highest BCUT2D eigenvalue weighted by Gasteiger charge is 2.16. The topological polar surface area (TPSA) is 82.5 Å². The molecule has 9 heteroatoms. The first kappa shape index (κ1) is 24.3. The third-order valence-electron chi connectivity index (χ3n) is 4.60. The number of halogens is 1. The maximum absolute atomic E-state index is 13.2. The van der Waals surface area contributed by atoms with Gasteiger partial charge in [-0.15, -0.1) is 0 Å². The van der Waals surface area contributed by atoms with Crippen LogP contribution in [0.3, 0.4) is 0 Å². The minimum absolute atomic E-state index is 0.0797. The Labute approximate surface area is 196 Å². The molecule has 0 aliphatic carbocycles. The van der Waals surface area contributed by atoms with Crippen molar-refractivity contribution in [2.75, 3.05) is 24.3 Å². The maximum Gasteiger partial charge on any atom is 0.262 e. The highest BCUT2D eigenvalue weighted by atomic mass is 35.5. The fraction of sp³-hybridized carbons (Fsp3) is 0.348. The summed E-state index contributed by atoms with van der Waals surface area (Å²) in [4.78, 5) is 30.3. The number of nitrogens with one attached hydrogen (secondary N) is 1. The molecule has 0 aliphatic rings. The van der Waals surface area contributed by atoms with E-state index < -0.39 is 6.29 Å². The van der Waals surface area contributed by atoms with Crippen LogP contribution in [0.4, 0.5) is 5.69 Å². The third-order valence-corrected chi connectivity index (χ3v) is 5.91. The SMILES string of the molecule is CCOC(CCn1c(SCC(=O)Nc2ccccc2Cl)nc2ccccc2c1=O)OCC. The Balaban J connectivity index is 1.81. The Morgan fingerprint density at radius 3 is 2.53 bits per heavy atom. The Morgan fingerprint density at radius 2 is 1.81 bits per heavy atom. The van der Waals surface area contributed by atoms with Crippen LogP contribution < -0.4 is 10.9 Å². The molecule has 1 heterocycles. The van der Waals surface area contributed by atoms with Crippen LogP contribution in [-0.4, -0.2) is 40.7 Å². The Hall–Kier alpha value is -2.39. The number of thioether (sulfide) groups is 1. The summed E-state index contributed by atoms with van der Waals surface area (Å²) in [5.74, 6) is -0.158. The highest BCUT2D eigenvalue weighted by Crippen LogP contribution is 2.22. The largest absolute Gasteiger partial charge is 0.353 e. The fourth-order valence-electron chi connectivity index (χ4n) is 3.16. The number of para-hydroxylation sites is 2. The van der Waals surface area contributed by atoms with E-state index >= 15 is 0 Å². The fourth-order valence-corrected chi connectivity index (χ4v) is 4.16. The number of hydrogen-bond donors (Lipinski definition) is 1. The number of nitrogens with zero attached hydrogens (tertiary/aromatic N) is 2. The second kappa shape index (κ2) is 12.0. The summed E-state index contributed by atoms with van der Waals surface area (Å²) in [7, 11) is 0. The van der Waals surface area contributed by atoms with E-state index in [-0.39, 0.29) is 17.2 Å². The van der Waals surface area contributed by atoms with Crippen molar-refractivity contribution in [2.24, 2.45) is 0 Å². The van der Waals surface area contributed by atoms with E-state index in [1.165, 1.54) is 11.8 Å². The van der Waals surface area contributed by atoms with Crippen LogP contribution in [0.2, 0.25) is 5.02 Å². The molecule has 170 valence electrons. The summed E-state index contributed by atoms with van der Waals surface area (Å²) in [6.45, 7) is 5.18. The van der Waals surface area contributed by atoms with Crippen LogP contribution in [0, 0.1) is 0 Å². The van der Waals surface area contributed by atoms with Crippen LogP contribution in [0.25, 0.3) is 10.9 Å². The first-order chi connectivity index (χ1) is 15.5. The van der Waals surface area contributed by atoms with Crippen molar-refractivity contribution >= 4 is 45.9 Å². The van der Waals surface area contributed by atoms with Crippen molar-refractivity contribution < 1.29 is 14.3 Å². The lowest BCUT2D eigenvalue weighted by atomic mass is 10.2. The quantitative estimate of drug-likeness (QED) is 0.248. The van der Waals surface area contributed by atoms with Crippen LogP contribution >= 0.6 is 23.4 Å². The maximum atomic E-state index is 13.2. The van der Waals surface area contributed by atoms with Crippen LogP contribution in [0.15, 0.2) is 58.5 Å². The van der Waals surface area contributed by atoms with Gasteiger partial charge >= 0.3 is 0 Å². The number of ether oxygens (including phenoxy) is 2. The molecule has 2 aromatic carbocycles. The van der Waals surface area contributed by atoms with Gasteiger partial charge in [-0.1, -0.05) is 47.6 Å². The highest BCUT2D eigenvalue weighted by molar-refractivity contribution is 7.99. The van der Waals surface area contributed by atoms with E-state index in [4.69, 9.17) is 21.1 Å². The van der Waals surface area contributed by atoms with Gasteiger partial charge < -0.3 is 14.8 Å². The molecule has 0 fully saturated rings. The first-order valence-electron chi connectivity index (χ1n) is 10.4. The predicted molar refractivity (Wildman–Crippen MR) is 128 cm³/mol. The number of carbonyl (C=O) groups excluding carboxylic acids is 1. The Bertz CT molecular complexity index is 1120. The van der Waals surface area contributed by atoms with Crippen molar-refractivity contribution in [2.45, 2.75) is 38.3 Å². The normalized spacial score (nSPS) is 11.2. The van der Waals surface area contributed by atoms with E-state index in [9.17, 15) is 9.59 Å². The van der Waals surface area contributed by atoms with E-state index in [2.05, 4.69) is 10.3 Å². The number of fused-ring (bicyclic) bond motifs is 1. The zero-order valence-corrected chi connectivity index (χ0v) is 19.6. The second-order valence-corrected chi connectivity index (χ2v) is 8.16. The van der Waals surface area contributed by atoms with E-state index in [0.29, 0.717) is 52.9 Å². The Morgan fingerprint density at radius 1 is 1.12 bits per heavy atom. The lowest BCUT2D eigenvalue weighted by Gasteiger charge is -2.19. The van der Waals surface area contributed by atoms with Gasteiger partial charge in [-0.2, -0.15) is 0 Å². The van der Waals surface area contributed by atoms with Crippen molar-refractivity contribution in [3.05, 3.63) is 63.9 Å². The number of rotatable bonds is 11. The molecule has 32 heavy (non-hydrogen) atoms. The molecule has 0 unspecified atom stereocenters. The summed E-state index contributed by atoms with van der Waals surface area (Å²) in [6.07, 6.45) is 0.0748. The standard InChI is InChI=1S/C23H26ClN3O4S/c1-3-30-21(31-4-2)13-14-27-22(29)16-9-5-7-11-18(16)26-23(27)32-15-20(28)25-19-12-8-6-10-17(19)24/h5-12,21H,3-4,13-15H2,1-2H3,(H,25,28). The molecular formula is C23H26ClN3O4S. The number of hydrogen-bond acceptors (Lipinski definition) is 6. The molecule has 0 aliphatic heterocycles. The molecule has 3 aromatic rings. The van der Waals surface area contributed by atoms with Gasteiger partial charge in [0.2, 0.25) is 5.91 Å². The lowest BCUT2D eigenvalue weighted by Crippen LogP contribution is -2.27. The van der Waals surface area contributed by atoms with E-state index in [0.717, 1.165) is 0 Å². The van der Waals surface area contributed by atoms with Gasteiger partial charge in [-0.25, -0.2) is 4.98 Å². The van der Waals surface area contributed by atoms with Gasteiger partial charge in [0, 0.05) is 26.2 Å². The minimum atomic E-state index is -0.412. The van der Waals surface area contributed by atoms with Crippen LogP contribution in [-0.2, 0) is 20.8 Å². The van der Waals surface area contributed by atoms with Gasteiger partial charge in [0.25, 0.3) is 5.56 Å². The number of anilines is 1. The van der Waals surface area contributed by atoms with Gasteiger partial charge in [-0.05, 0) is 38.1 Å². The molecule has 1 aromatic heterocycles. The molecule has 1 amide bonds. The molecular weight excluding hydrogens is 450 g/mol. The monoisotopic (exact) mass is 475 g/mol. The smallest absolute Gasteiger partial charge is 0.262 e. The predicted octanol–water partition coefficient (Wildman–Crippen LogP) is 4.57. The molecule has 0 saturated carbocycles. The number of amides is 1. The molecule has 0 saturated heterocycles. The van der Waals surface area contributed by atoms with Gasteiger partial charge in [0.15, 0.2) is 11.4 Å². The molecule has 0 radical (unpaired) electrons.